The number of carboxylic acids is 1. The minimum absolute atomic E-state index is 0.0378. The van der Waals surface area contributed by atoms with Crippen LogP contribution in [-0.2, 0) is 35.2 Å². The van der Waals surface area contributed by atoms with Gasteiger partial charge in [-0.1, -0.05) is 12.1 Å². The first kappa shape index (κ1) is 30.8. The highest BCUT2D eigenvalue weighted by atomic mass is 16.4. The first-order valence-corrected chi connectivity index (χ1v) is 11.1. The third-order valence-electron chi connectivity index (χ3n) is 5.12. The van der Waals surface area contributed by atoms with Crippen LogP contribution in [0.1, 0.15) is 31.7 Å². The maximum Gasteiger partial charge on any atom is 0.326 e. The van der Waals surface area contributed by atoms with E-state index >= 15 is 0 Å². The second-order valence-corrected chi connectivity index (χ2v) is 8.34. The van der Waals surface area contributed by atoms with E-state index in [-0.39, 0.29) is 25.0 Å². The number of carbonyl (C=O) groups is 6. The van der Waals surface area contributed by atoms with Gasteiger partial charge in [-0.3, -0.25) is 24.0 Å². The van der Waals surface area contributed by atoms with Crippen molar-refractivity contribution < 1.29 is 44.1 Å². The summed E-state index contributed by atoms with van der Waals surface area (Å²) in [6, 6.07) is -0.342. The highest BCUT2D eigenvalue weighted by Gasteiger charge is 2.32. The van der Waals surface area contributed by atoms with Crippen LogP contribution in [0.15, 0.2) is 24.3 Å². The first-order valence-electron chi connectivity index (χ1n) is 11.1. The number of amides is 5. The Hall–Kier alpha value is -4.24. The molecule has 0 saturated carbocycles. The van der Waals surface area contributed by atoms with E-state index in [1.807, 2.05) is 0 Å². The van der Waals surface area contributed by atoms with Crippen molar-refractivity contribution in [3.8, 4) is 5.75 Å². The Kier molecular flexibility index (Phi) is 11.9. The van der Waals surface area contributed by atoms with E-state index < -0.39 is 72.2 Å². The molecule has 5 amide bonds. The summed E-state index contributed by atoms with van der Waals surface area (Å²) in [5.74, 6) is -6.10. The van der Waals surface area contributed by atoms with Gasteiger partial charge >= 0.3 is 5.97 Å². The number of hydrogen-bond donors (Lipinski definition) is 9. The van der Waals surface area contributed by atoms with Gasteiger partial charge in [-0.05, 0) is 31.0 Å². The Morgan fingerprint density at radius 2 is 1.43 bits per heavy atom. The van der Waals surface area contributed by atoms with Gasteiger partial charge in [0, 0.05) is 12.8 Å². The zero-order valence-electron chi connectivity index (χ0n) is 20.0. The fraction of sp³-hybridized carbons (Fsp3) is 0.455. The molecule has 1 aromatic carbocycles. The van der Waals surface area contributed by atoms with Gasteiger partial charge in [0.05, 0.1) is 18.6 Å². The van der Waals surface area contributed by atoms with Gasteiger partial charge in [-0.25, -0.2) is 4.79 Å². The lowest BCUT2D eigenvalue weighted by Crippen LogP contribution is -2.60. The molecule has 0 aromatic heterocycles. The van der Waals surface area contributed by atoms with Gasteiger partial charge < -0.3 is 48.5 Å². The predicted octanol–water partition coefficient (Wildman–Crippen LogP) is -3.68. The standard InChI is InChI=1S/C22H32N6O9/c1-10(29)18(28-19(33)13(23)9-17(25)32)21(35)26-14(6-7-16(24)31)20(34)27-15(22(36)37)8-11-2-4-12(30)5-3-11/h2-5,10,13-15,18,29-30H,6-9,23H2,1H3,(H2,24,31)(H2,25,32)(H,26,35)(H,27,34)(H,28,33)(H,36,37). The third kappa shape index (κ3) is 10.9. The third-order valence-corrected chi connectivity index (χ3v) is 5.12. The Balaban J connectivity index is 3.03. The predicted molar refractivity (Wildman–Crippen MR) is 127 cm³/mol. The molecule has 5 unspecified atom stereocenters. The van der Waals surface area contributed by atoms with E-state index in [4.69, 9.17) is 17.2 Å². The quantitative estimate of drug-likeness (QED) is 0.108. The van der Waals surface area contributed by atoms with Gasteiger partial charge in [-0.15, -0.1) is 0 Å². The fourth-order valence-corrected chi connectivity index (χ4v) is 3.13. The monoisotopic (exact) mass is 524 g/mol. The van der Waals surface area contributed by atoms with Gasteiger partial charge in [-0.2, -0.15) is 0 Å². The molecule has 204 valence electrons. The number of carbonyl (C=O) groups excluding carboxylic acids is 5. The van der Waals surface area contributed by atoms with E-state index in [1.54, 1.807) is 0 Å². The van der Waals surface area contributed by atoms with Gasteiger partial charge in [0.15, 0.2) is 0 Å². The average Bonchev–Trinajstić information content (AvgIpc) is 2.79. The molecule has 1 aromatic rings. The molecule has 0 bridgehead atoms. The van der Waals surface area contributed by atoms with Crippen molar-refractivity contribution in [1.29, 1.82) is 0 Å². The molecular formula is C22H32N6O9. The lowest BCUT2D eigenvalue weighted by molar-refractivity contribution is -0.142. The molecule has 0 heterocycles. The minimum Gasteiger partial charge on any atom is -0.508 e. The molecule has 37 heavy (non-hydrogen) atoms. The molecule has 5 atom stereocenters. The van der Waals surface area contributed by atoms with Gasteiger partial charge in [0.25, 0.3) is 0 Å². The Labute approximate surface area is 211 Å². The van der Waals surface area contributed by atoms with Crippen molar-refractivity contribution in [2.24, 2.45) is 17.2 Å². The number of carboxylic acid groups (broad SMARTS) is 1. The van der Waals surface area contributed by atoms with Crippen LogP contribution in [-0.4, -0.2) is 81.1 Å². The van der Waals surface area contributed by atoms with Crippen molar-refractivity contribution in [2.75, 3.05) is 0 Å². The molecule has 0 radical (unpaired) electrons. The number of aliphatic carboxylic acids is 1. The summed E-state index contributed by atoms with van der Waals surface area (Å²) in [7, 11) is 0. The smallest absolute Gasteiger partial charge is 0.326 e. The van der Waals surface area contributed by atoms with E-state index in [2.05, 4.69) is 16.0 Å². The average molecular weight is 525 g/mol. The second kappa shape index (κ2) is 14.4. The molecule has 1 rings (SSSR count). The highest BCUT2D eigenvalue weighted by molar-refractivity contribution is 5.95. The number of nitrogens with one attached hydrogen (secondary N) is 3. The molecule has 0 fully saturated rings. The lowest BCUT2D eigenvalue weighted by Gasteiger charge is -2.26. The summed E-state index contributed by atoms with van der Waals surface area (Å²) in [5.41, 5.74) is 16.1. The van der Waals surface area contributed by atoms with Crippen LogP contribution in [0.5, 0.6) is 5.75 Å². The zero-order valence-corrected chi connectivity index (χ0v) is 20.0. The normalized spacial score (nSPS) is 14.8. The zero-order chi connectivity index (χ0) is 28.3. The van der Waals surface area contributed by atoms with Crippen molar-refractivity contribution in [1.82, 2.24) is 16.0 Å². The van der Waals surface area contributed by atoms with Crippen molar-refractivity contribution in [2.45, 2.75) is 62.9 Å². The van der Waals surface area contributed by atoms with E-state index in [0.717, 1.165) is 0 Å². The van der Waals surface area contributed by atoms with Crippen molar-refractivity contribution >= 4 is 35.5 Å². The molecule has 15 nitrogen and oxygen atoms in total. The SMILES string of the molecule is CC(O)C(NC(=O)C(N)CC(N)=O)C(=O)NC(CCC(N)=O)C(=O)NC(Cc1ccc(O)cc1)C(=O)O. The number of nitrogens with two attached hydrogens (primary N) is 3. The molecule has 0 saturated heterocycles. The summed E-state index contributed by atoms with van der Waals surface area (Å²) < 4.78 is 0. The summed E-state index contributed by atoms with van der Waals surface area (Å²) in [5, 5.41) is 35.6. The maximum atomic E-state index is 12.9. The van der Waals surface area contributed by atoms with E-state index in [0.29, 0.717) is 5.56 Å². The number of benzene rings is 1. The van der Waals surface area contributed by atoms with E-state index in [1.165, 1.54) is 31.2 Å². The number of aliphatic hydroxyl groups excluding tert-OH is 1. The Morgan fingerprint density at radius 1 is 0.865 bits per heavy atom. The van der Waals surface area contributed by atoms with Crippen LogP contribution in [0, 0.1) is 0 Å². The highest BCUT2D eigenvalue weighted by Crippen LogP contribution is 2.12. The summed E-state index contributed by atoms with van der Waals surface area (Å²) in [6.45, 7) is 1.17. The summed E-state index contributed by atoms with van der Waals surface area (Å²) in [4.78, 5) is 71.9. The Bertz CT molecular complexity index is 999. The molecule has 0 aliphatic carbocycles. The Morgan fingerprint density at radius 3 is 1.92 bits per heavy atom. The molecule has 0 spiro atoms. The number of hydrogen-bond acceptors (Lipinski definition) is 9. The van der Waals surface area contributed by atoms with E-state index in [9.17, 15) is 44.1 Å². The number of primary amides is 2. The van der Waals surface area contributed by atoms with Crippen LogP contribution < -0.4 is 33.2 Å². The molecule has 12 N–H and O–H groups in total. The van der Waals surface area contributed by atoms with Crippen LogP contribution in [0.3, 0.4) is 0 Å². The topological polar surface area (TPSA) is 277 Å². The van der Waals surface area contributed by atoms with Crippen LogP contribution in [0.2, 0.25) is 0 Å². The molecule has 0 aliphatic rings. The fourth-order valence-electron chi connectivity index (χ4n) is 3.13. The number of aliphatic hydroxyl groups is 1. The van der Waals surface area contributed by atoms with Crippen molar-refractivity contribution in [3.05, 3.63) is 29.8 Å². The largest absolute Gasteiger partial charge is 0.508 e. The number of rotatable bonds is 15. The summed E-state index contributed by atoms with van der Waals surface area (Å²) >= 11 is 0. The number of aromatic hydroxyl groups is 1. The van der Waals surface area contributed by atoms with Crippen LogP contribution in [0.4, 0.5) is 0 Å². The van der Waals surface area contributed by atoms with Gasteiger partial charge in [0.2, 0.25) is 29.5 Å². The lowest BCUT2D eigenvalue weighted by atomic mass is 10.0. The number of phenols is 1. The molecule has 15 heteroatoms. The van der Waals surface area contributed by atoms with Crippen LogP contribution in [0.25, 0.3) is 0 Å². The molecule has 0 aliphatic heterocycles. The minimum atomic E-state index is -1.62. The molecular weight excluding hydrogens is 492 g/mol. The van der Waals surface area contributed by atoms with Crippen molar-refractivity contribution in [3.63, 3.8) is 0 Å². The number of phenolic OH excluding ortho intramolecular Hbond substituents is 1. The maximum absolute atomic E-state index is 12.9. The van der Waals surface area contributed by atoms with Gasteiger partial charge in [0.1, 0.15) is 23.9 Å². The first-order chi connectivity index (χ1) is 17.2. The summed E-state index contributed by atoms with van der Waals surface area (Å²) in [6.07, 6.45) is -2.85. The second-order valence-electron chi connectivity index (χ2n) is 8.34. The van der Waals surface area contributed by atoms with Crippen LogP contribution >= 0.6 is 0 Å².